The molecule has 1 unspecified atom stereocenters. The number of amidine groups is 1. The molecule has 1 fully saturated rings. The van der Waals surface area contributed by atoms with Crippen LogP contribution < -0.4 is 9.62 Å². The molecule has 3 aromatic carbocycles. The summed E-state index contributed by atoms with van der Waals surface area (Å²) in [7, 11) is 1.98. The number of benzene rings is 3. The molecular weight excluding hydrogens is 501 g/mol. The second-order valence-electron chi connectivity index (χ2n) is 7.88. The van der Waals surface area contributed by atoms with Gasteiger partial charge in [0.1, 0.15) is 4.91 Å². The molecule has 0 aromatic heterocycles. The summed E-state index contributed by atoms with van der Waals surface area (Å²) in [6, 6.07) is 25.4. The lowest BCUT2D eigenvalue weighted by atomic mass is 10.2. The maximum absolute atomic E-state index is 13.7. The normalized spacial score (nSPS) is 19.5. The number of nitrogens with zero attached hydrogens (tertiary/aromatic N) is 3. The van der Waals surface area contributed by atoms with E-state index in [-0.39, 0.29) is 12.5 Å². The first-order valence-corrected chi connectivity index (χ1v) is 13.5. The van der Waals surface area contributed by atoms with Crippen molar-refractivity contribution in [3.8, 4) is 0 Å². The number of fused-ring (bicyclic) bond motifs is 1. The Morgan fingerprint density at radius 2 is 1.71 bits per heavy atom. The highest BCUT2D eigenvalue weighted by Crippen LogP contribution is 2.50. The smallest absolute Gasteiger partial charge is 0.269 e. The quantitative estimate of drug-likeness (QED) is 0.347. The zero-order chi connectivity index (χ0) is 24.4. The number of carbonyl (C=O) groups is 1. The first-order valence-electron chi connectivity index (χ1n) is 10.8. The second-order valence-corrected chi connectivity index (χ2v) is 10.7. The van der Waals surface area contributed by atoms with E-state index < -0.39 is 11.3 Å². The van der Waals surface area contributed by atoms with Crippen molar-refractivity contribution in [2.75, 3.05) is 11.9 Å². The minimum Gasteiger partial charge on any atom is -0.337 e. The van der Waals surface area contributed by atoms with Crippen LogP contribution >= 0.6 is 23.5 Å². The lowest BCUT2D eigenvalue weighted by Crippen LogP contribution is -2.29. The summed E-state index contributed by atoms with van der Waals surface area (Å²) in [4.78, 5) is 24.1. The van der Waals surface area contributed by atoms with Crippen molar-refractivity contribution in [3.05, 3.63) is 99.9 Å². The number of aliphatic imine (C=N–C) groups is 1. The van der Waals surface area contributed by atoms with Crippen LogP contribution in [0.4, 0.5) is 11.4 Å². The SMILES string of the molecule is CN1C(=C2SC(=Nc3cccc(CNS(=O)O)c3)N(Cc3ccccc3)C2=O)Sc2ccccc21. The van der Waals surface area contributed by atoms with Crippen LogP contribution in [-0.2, 0) is 29.2 Å². The van der Waals surface area contributed by atoms with E-state index in [1.54, 1.807) is 16.7 Å². The van der Waals surface area contributed by atoms with Crippen molar-refractivity contribution in [3.63, 3.8) is 0 Å². The number of anilines is 1. The highest BCUT2D eigenvalue weighted by molar-refractivity contribution is 8.19. The fraction of sp³-hybridized carbons (Fsp3) is 0.120. The van der Waals surface area contributed by atoms with Crippen LogP contribution in [0, 0.1) is 0 Å². The van der Waals surface area contributed by atoms with Gasteiger partial charge >= 0.3 is 0 Å². The minimum absolute atomic E-state index is 0.0757. The zero-order valence-corrected chi connectivity index (χ0v) is 21.2. The molecule has 1 amide bonds. The lowest BCUT2D eigenvalue weighted by molar-refractivity contribution is -0.122. The van der Waals surface area contributed by atoms with Crippen LogP contribution in [0.2, 0.25) is 0 Å². The first kappa shape index (κ1) is 23.8. The number of para-hydroxylation sites is 1. The Hall–Kier alpha value is -2.89. The summed E-state index contributed by atoms with van der Waals surface area (Å²) in [6.07, 6.45) is 0. The van der Waals surface area contributed by atoms with Crippen molar-refractivity contribution < 1.29 is 13.6 Å². The summed E-state index contributed by atoms with van der Waals surface area (Å²) in [5, 5.41) is 1.50. The highest BCUT2D eigenvalue weighted by Gasteiger charge is 2.39. The molecule has 0 aliphatic carbocycles. The molecule has 3 aromatic rings. The Morgan fingerprint density at radius 1 is 0.971 bits per heavy atom. The molecule has 0 bridgehead atoms. The van der Waals surface area contributed by atoms with Gasteiger partial charge in [-0.25, -0.2) is 13.9 Å². The molecule has 2 aliphatic rings. The number of hydrogen-bond donors (Lipinski definition) is 2. The summed E-state index contributed by atoms with van der Waals surface area (Å²) >= 11 is 0.879. The fourth-order valence-corrected chi connectivity index (χ4v) is 6.45. The van der Waals surface area contributed by atoms with Gasteiger partial charge in [-0.1, -0.05) is 66.4 Å². The van der Waals surface area contributed by atoms with Gasteiger partial charge in [0, 0.05) is 18.5 Å². The lowest BCUT2D eigenvalue weighted by Gasteiger charge is -2.17. The Morgan fingerprint density at radius 3 is 2.49 bits per heavy atom. The molecule has 2 heterocycles. The Labute approximate surface area is 214 Å². The average Bonchev–Trinajstić information content (AvgIpc) is 3.35. The predicted octanol–water partition coefficient (Wildman–Crippen LogP) is 5.09. The molecule has 178 valence electrons. The number of hydrogen-bond acceptors (Lipinski definition) is 6. The van der Waals surface area contributed by atoms with Crippen LogP contribution in [-0.4, -0.2) is 31.8 Å². The molecule has 0 radical (unpaired) electrons. The molecule has 0 saturated carbocycles. The van der Waals surface area contributed by atoms with E-state index in [9.17, 15) is 9.00 Å². The van der Waals surface area contributed by atoms with Crippen LogP contribution in [0.1, 0.15) is 11.1 Å². The Balaban J connectivity index is 1.51. The van der Waals surface area contributed by atoms with Crippen molar-refractivity contribution in [2.24, 2.45) is 4.99 Å². The minimum atomic E-state index is -2.09. The molecule has 7 nitrogen and oxygen atoms in total. The maximum Gasteiger partial charge on any atom is 0.269 e. The Bertz CT molecular complexity index is 1360. The number of nitrogens with one attached hydrogen (secondary N) is 1. The monoisotopic (exact) mass is 522 g/mol. The molecule has 1 saturated heterocycles. The van der Waals surface area contributed by atoms with Gasteiger partial charge in [-0.15, -0.1) is 0 Å². The van der Waals surface area contributed by atoms with E-state index in [0.717, 1.165) is 26.7 Å². The van der Waals surface area contributed by atoms with Crippen molar-refractivity contribution >= 4 is 57.2 Å². The van der Waals surface area contributed by atoms with Gasteiger partial charge in [0.15, 0.2) is 5.17 Å². The Kier molecular flexibility index (Phi) is 7.07. The van der Waals surface area contributed by atoms with Crippen molar-refractivity contribution in [1.82, 2.24) is 9.62 Å². The number of carbonyl (C=O) groups excluding carboxylic acids is 1. The van der Waals surface area contributed by atoms with E-state index in [1.165, 1.54) is 11.8 Å². The largest absolute Gasteiger partial charge is 0.337 e. The van der Waals surface area contributed by atoms with E-state index in [4.69, 9.17) is 9.55 Å². The molecule has 2 N–H and O–H groups in total. The molecular formula is C25H22N4O3S3. The zero-order valence-electron chi connectivity index (χ0n) is 18.7. The third-order valence-corrected chi connectivity index (χ3v) is 8.34. The van der Waals surface area contributed by atoms with Crippen molar-refractivity contribution in [1.29, 1.82) is 0 Å². The van der Waals surface area contributed by atoms with E-state index in [0.29, 0.717) is 22.3 Å². The van der Waals surface area contributed by atoms with E-state index in [2.05, 4.69) is 21.8 Å². The first-order chi connectivity index (χ1) is 17.0. The summed E-state index contributed by atoms with van der Waals surface area (Å²) in [5.41, 5.74) is 3.58. The number of amides is 1. The summed E-state index contributed by atoms with van der Waals surface area (Å²) in [6.45, 7) is 0.644. The third kappa shape index (κ3) is 5.21. The molecule has 5 rings (SSSR count). The maximum atomic E-state index is 13.7. The van der Waals surface area contributed by atoms with Gasteiger partial charge in [0.2, 0.25) is 11.3 Å². The van der Waals surface area contributed by atoms with Gasteiger partial charge in [-0.3, -0.25) is 14.2 Å². The van der Waals surface area contributed by atoms with Crippen LogP contribution in [0.5, 0.6) is 0 Å². The second kappa shape index (κ2) is 10.4. The van der Waals surface area contributed by atoms with E-state index >= 15 is 0 Å². The van der Waals surface area contributed by atoms with Gasteiger partial charge in [-0.2, -0.15) is 0 Å². The summed E-state index contributed by atoms with van der Waals surface area (Å²) < 4.78 is 22.5. The van der Waals surface area contributed by atoms with E-state index in [1.807, 2.05) is 73.8 Å². The third-order valence-electron chi connectivity index (χ3n) is 5.51. The van der Waals surface area contributed by atoms with Gasteiger partial charge in [0.05, 0.1) is 22.9 Å². The average molecular weight is 523 g/mol. The number of rotatable bonds is 6. The van der Waals surface area contributed by atoms with Gasteiger partial charge in [-0.05, 0) is 47.2 Å². The van der Waals surface area contributed by atoms with Crippen molar-refractivity contribution in [2.45, 2.75) is 18.0 Å². The molecule has 10 heteroatoms. The molecule has 2 aliphatic heterocycles. The van der Waals surface area contributed by atoms with Crippen LogP contribution in [0.15, 0.2) is 98.7 Å². The molecule has 0 spiro atoms. The topological polar surface area (TPSA) is 85.2 Å². The summed E-state index contributed by atoms with van der Waals surface area (Å²) in [5.74, 6) is -0.0757. The predicted molar refractivity (Wildman–Crippen MR) is 143 cm³/mol. The molecule has 1 atom stereocenters. The highest BCUT2D eigenvalue weighted by atomic mass is 32.2. The standard InChI is InChI=1S/C25H22N4O3S3/c1-28-20-12-5-6-13-21(20)33-24(28)22-23(30)29(16-17-8-3-2-4-9-17)25(34-22)27-19-11-7-10-18(14-19)15-26-35(31)32/h2-14,26H,15-16H2,1H3,(H,31,32). The fourth-order valence-electron chi connectivity index (χ4n) is 3.82. The van der Waals surface area contributed by atoms with Crippen LogP contribution in [0.25, 0.3) is 0 Å². The molecule has 35 heavy (non-hydrogen) atoms. The van der Waals surface area contributed by atoms with Crippen LogP contribution in [0.3, 0.4) is 0 Å². The number of thioether (sulfide) groups is 2. The van der Waals surface area contributed by atoms with Gasteiger partial charge in [0.25, 0.3) is 5.91 Å². The van der Waals surface area contributed by atoms with Gasteiger partial charge < -0.3 is 4.90 Å².